The molecule has 3 rings (SSSR count). The number of para-hydroxylation sites is 1. The molecule has 0 spiro atoms. The number of piperidine rings is 1. The topological polar surface area (TPSA) is 76.6 Å². The molecule has 1 aliphatic heterocycles. The quantitative estimate of drug-likeness (QED) is 0.860. The van der Waals surface area contributed by atoms with E-state index < -0.39 is 5.60 Å². The summed E-state index contributed by atoms with van der Waals surface area (Å²) in [6.45, 7) is 6.94. The van der Waals surface area contributed by atoms with Gasteiger partial charge in [0.2, 0.25) is 0 Å². The molecule has 0 saturated carbocycles. The van der Waals surface area contributed by atoms with Gasteiger partial charge in [0.1, 0.15) is 23.5 Å². The fraction of sp³-hybridized carbons (Fsp3) is 0.476. The number of nitrogens with one attached hydrogen (secondary N) is 1. The van der Waals surface area contributed by atoms with Gasteiger partial charge in [-0.3, -0.25) is 0 Å². The molecular formula is C21H28N4O3. The molecule has 1 saturated heterocycles. The van der Waals surface area contributed by atoms with Gasteiger partial charge in [-0.1, -0.05) is 12.1 Å². The third-order valence-electron chi connectivity index (χ3n) is 4.48. The van der Waals surface area contributed by atoms with Crippen LogP contribution in [-0.4, -0.2) is 52.8 Å². The Labute approximate surface area is 166 Å². The minimum atomic E-state index is -0.492. The molecule has 150 valence electrons. The minimum Gasteiger partial charge on any atom is -0.496 e. The average molecular weight is 384 g/mol. The molecule has 0 bridgehead atoms. The number of carbonyl (C=O) groups is 1. The molecule has 2 heterocycles. The summed E-state index contributed by atoms with van der Waals surface area (Å²) in [7, 11) is 1.65. The third kappa shape index (κ3) is 5.12. The molecule has 0 radical (unpaired) electrons. The van der Waals surface area contributed by atoms with E-state index in [-0.39, 0.29) is 12.1 Å². The maximum Gasteiger partial charge on any atom is 0.410 e. The number of rotatable bonds is 4. The van der Waals surface area contributed by atoms with Crippen LogP contribution in [0.2, 0.25) is 0 Å². The number of benzene rings is 1. The van der Waals surface area contributed by atoms with Crippen LogP contribution in [0.15, 0.2) is 36.7 Å². The van der Waals surface area contributed by atoms with Crippen molar-refractivity contribution in [3.8, 4) is 17.0 Å². The summed E-state index contributed by atoms with van der Waals surface area (Å²) < 4.78 is 10.9. The fourth-order valence-corrected chi connectivity index (χ4v) is 3.24. The largest absolute Gasteiger partial charge is 0.496 e. The first-order valence-electron chi connectivity index (χ1n) is 9.55. The van der Waals surface area contributed by atoms with Crippen LogP contribution in [0.3, 0.4) is 0 Å². The molecular weight excluding hydrogens is 356 g/mol. The summed E-state index contributed by atoms with van der Waals surface area (Å²) in [5, 5.41) is 3.43. The third-order valence-corrected chi connectivity index (χ3v) is 4.48. The number of nitrogens with zero attached hydrogens (tertiary/aromatic N) is 3. The van der Waals surface area contributed by atoms with E-state index in [1.165, 1.54) is 0 Å². The first-order chi connectivity index (χ1) is 13.4. The summed E-state index contributed by atoms with van der Waals surface area (Å²) in [5.74, 6) is 1.49. The van der Waals surface area contributed by atoms with Gasteiger partial charge >= 0.3 is 6.09 Å². The zero-order valence-electron chi connectivity index (χ0n) is 16.9. The SMILES string of the molecule is COc1ccccc1-c1cc(NC2CCCN(C(=O)OC(C)(C)C)C2)ncn1. The Hall–Kier alpha value is -2.83. The van der Waals surface area contributed by atoms with Gasteiger partial charge in [-0.2, -0.15) is 0 Å². The molecule has 2 aromatic rings. The molecule has 0 aliphatic carbocycles. The van der Waals surface area contributed by atoms with Crippen molar-refractivity contribution in [3.05, 3.63) is 36.7 Å². The molecule has 1 N–H and O–H groups in total. The zero-order chi connectivity index (χ0) is 20.1. The van der Waals surface area contributed by atoms with Gasteiger partial charge in [0, 0.05) is 30.8 Å². The van der Waals surface area contributed by atoms with Gasteiger partial charge in [-0.25, -0.2) is 14.8 Å². The number of hydrogen-bond acceptors (Lipinski definition) is 6. The second-order valence-corrected chi connectivity index (χ2v) is 7.90. The standard InChI is InChI=1S/C21H28N4O3/c1-21(2,3)28-20(26)25-11-7-8-15(13-25)24-19-12-17(22-14-23-19)16-9-5-6-10-18(16)27-4/h5-6,9-10,12,14-15H,7-8,11,13H2,1-4H3,(H,22,23,24). The van der Waals surface area contributed by atoms with Crippen LogP contribution in [0, 0.1) is 0 Å². The molecule has 1 aliphatic rings. The lowest BCUT2D eigenvalue weighted by molar-refractivity contribution is 0.0206. The molecule has 7 nitrogen and oxygen atoms in total. The second kappa shape index (κ2) is 8.46. The van der Waals surface area contributed by atoms with Crippen LogP contribution in [0.1, 0.15) is 33.6 Å². The van der Waals surface area contributed by atoms with E-state index in [0.29, 0.717) is 13.1 Å². The van der Waals surface area contributed by atoms with Gasteiger partial charge in [0.25, 0.3) is 0 Å². The Bertz CT molecular complexity index is 819. The highest BCUT2D eigenvalue weighted by atomic mass is 16.6. The smallest absolute Gasteiger partial charge is 0.410 e. The van der Waals surface area contributed by atoms with Gasteiger partial charge in [0.15, 0.2) is 0 Å². The zero-order valence-corrected chi connectivity index (χ0v) is 16.9. The molecule has 7 heteroatoms. The second-order valence-electron chi connectivity index (χ2n) is 7.90. The minimum absolute atomic E-state index is 0.113. The number of methoxy groups -OCH3 is 1. The van der Waals surface area contributed by atoms with Crippen molar-refractivity contribution in [2.45, 2.75) is 45.3 Å². The van der Waals surface area contributed by atoms with Crippen molar-refractivity contribution in [2.75, 3.05) is 25.5 Å². The van der Waals surface area contributed by atoms with E-state index in [1.807, 2.05) is 51.1 Å². The Morgan fingerprint density at radius 1 is 1.25 bits per heavy atom. The number of carbonyl (C=O) groups excluding carboxylic acids is 1. The molecule has 28 heavy (non-hydrogen) atoms. The van der Waals surface area contributed by atoms with Gasteiger partial charge < -0.3 is 19.7 Å². The lowest BCUT2D eigenvalue weighted by Gasteiger charge is -2.34. The van der Waals surface area contributed by atoms with E-state index in [2.05, 4.69) is 15.3 Å². The van der Waals surface area contributed by atoms with E-state index in [0.717, 1.165) is 35.7 Å². The number of aromatic nitrogens is 2. The van der Waals surface area contributed by atoms with Crippen molar-refractivity contribution in [1.82, 2.24) is 14.9 Å². The molecule has 1 fully saturated rings. The van der Waals surface area contributed by atoms with E-state index >= 15 is 0 Å². The maximum absolute atomic E-state index is 12.4. The highest BCUT2D eigenvalue weighted by Gasteiger charge is 2.27. The molecule has 1 aromatic carbocycles. The van der Waals surface area contributed by atoms with Crippen LogP contribution in [0.4, 0.5) is 10.6 Å². The lowest BCUT2D eigenvalue weighted by atomic mass is 10.1. The van der Waals surface area contributed by atoms with Crippen molar-refractivity contribution >= 4 is 11.9 Å². The Kier molecular flexibility index (Phi) is 6.02. The molecule has 1 atom stereocenters. The van der Waals surface area contributed by atoms with Crippen LogP contribution < -0.4 is 10.1 Å². The summed E-state index contributed by atoms with van der Waals surface area (Å²) in [5.41, 5.74) is 1.21. The monoisotopic (exact) mass is 384 g/mol. The van der Waals surface area contributed by atoms with Gasteiger partial charge in [0.05, 0.1) is 12.8 Å². The van der Waals surface area contributed by atoms with Crippen molar-refractivity contribution in [2.24, 2.45) is 0 Å². The number of hydrogen-bond donors (Lipinski definition) is 1. The normalized spacial score (nSPS) is 17.1. The van der Waals surface area contributed by atoms with Gasteiger partial charge in [-0.05, 0) is 45.7 Å². The number of anilines is 1. The van der Waals surface area contributed by atoms with E-state index in [4.69, 9.17) is 9.47 Å². The Morgan fingerprint density at radius 2 is 2.04 bits per heavy atom. The van der Waals surface area contributed by atoms with Crippen LogP contribution in [0.5, 0.6) is 5.75 Å². The Morgan fingerprint density at radius 3 is 2.79 bits per heavy atom. The molecule has 1 unspecified atom stereocenters. The van der Waals surface area contributed by atoms with E-state index in [1.54, 1.807) is 18.3 Å². The Balaban J connectivity index is 1.69. The van der Waals surface area contributed by atoms with Crippen LogP contribution >= 0.6 is 0 Å². The maximum atomic E-state index is 12.4. The van der Waals surface area contributed by atoms with Crippen molar-refractivity contribution < 1.29 is 14.3 Å². The van der Waals surface area contributed by atoms with Crippen LogP contribution in [0.25, 0.3) is 11.3 Å². The van der Waals surface area contributed by atoms with Gasteiger partial charge in [-0.15, -0.1) is 0 Å². The van der Waals surface area contributed by atoms with E-state index in [9.17, 15) is 4.79 Å². The van der Waals surface area contributed by atoms with Crippen molar-refractivity contribution in [1.29, 1.82) is 0 Å². The fourth-order valence-electron chi connectivity index (χ4n) is 3.24. The lowest BCUT2D eigenvalue weighted by Crippen LogP contribution is -2.47. The number of likely N-dealkylation sites (tertiary alicyclic amines) is 1. The first-order valence-corrected chi connectivity index (χ1v) is 9.55. The highest BCUT2D eigenvalue weighted by Crippen LogP contribution is 2.29. The number of ether oxygens (including phenoxy) is 2. The molecule has 1 amide bonds. The average Bonchev–Trinajstić information content (AvgIpc) is 2.67. The first kappa shape index (κ1) is 19.9. The molecule has 1 aromatic heterocycles. The summed E-state index contributed by atoms with van der Waals surface area (Å²) in [6, 6.07) is 9.77. The summed E-state index contributed by atoms with van der Waals surface area (Å²) >= 11 is 0. The number of amides is 1. The summed E-state index contributed by atoms with van der Waals surface area (Å²) in [6.07, 6.45) is 3.16. The summed E-state index contributed by atoms with van der Waals surface area (Å²) in [4.78, 5) is 22.8. The predicted octanol–water partition coefficient (Wildman–Crippen LogP) is 3.96. The highest BCUT2D eigenvalue weighted by molar-refractivity contribution is 5.69. The predicted molar refractivity (Wildman–Crippen MR) is 108 cm³/mol. The van der Waals surface area contributed by atoms with Crippen molar-refractivity contribution in [3.63, 3.8) is 0 Å². The van der Waals surface area contributed by atoms with Crippen LogP contribution in [-0.2, 0) is 4.74 Å².